The van der Waals surface area contributed by atoms with Crippen LogP contribution in [0.25, 0.3) is 0 Å². The van der Waals surface area contributed by atoms with Gasteiger partial charge in [-0.2, -0.15) is 0 Å². The van der Waals surface area contributed by atoms with Crippen molar-refractivity contribution in [2.75, 3.05) is 52.4 Å². The van der Waals surface area contributed by atoms with Gasteiger partial charge >= 0.3 is 5.97 Å². The number of carboxylic acids is 1. The van der Waals surface area contributed by atoms with Crippen molar-refractivity contribution >= 4 is 64.9 Å². The number of hydrogen-bond acceptors (Lipinski definition) is 17. The number of nitrogens with zero attached hydrogens (tertiary/aromatic N) is 2. The van der Waals surface area contributed by atoms with Gasteiger partial charge in [0.25, 0.3) is 11.8 Å². The lowest BCUT2D eigenvalue weighted by molar-refractivity contribution is -0.137. The first-order chi connectivity index (χ1) is 36.2. The Morgan fingerprint density at radius 3 is 2.07 bits per heavy atom. The van der Waals surface area contributed by atoms with Crippen molar-refractivity contribution in [1.29, 1.82) is 5.41 Å². The number of likely N-dealkylation sites (tertiary alicyclic amines) is 1. The van der Waals surface area contributed by atoms with E-state index in [1.807, 2.05) is 13.0 Å². The summed E-state index contributed by atoms with van der Waals surface area (Å²) in [5.74, 6) is -8.52. The minimum Gasteiger partial charge on any atom is -0.477 e. The number of hydrogen-bond donors (Lipinski definition) is 17. The van der Waals surface area contributed by atoms with Crippen molar-refractivity contribution in [2.24, 2.45) is 45.1 Å². The number of nitrogens with two attached hydrogens (primary N) is 7. The smallest absolute Gasteiger partial charge is 0.352 e. The lowest BCUT2D eigenvalue weighted by Crippen LogP contribution is -2.61. The van der Waals surface area contributed by atoms with Gasteiger partial charge in [0, 0.05) is 26.1 Å². The van der Waals surface area contributed by atoms with Crippen LogP contribution in [0.2, 0.25) is 0 Å². The molecular formula is C48H81N17O11. The molecule has 1 aromatic carbocycles. The van der Waals surface area contributed by atoms with Gasteiger partial charge < -0.3 is 92.5 Å². The van der Waals surface area contributed by atoms with Crippen LogP contribution in [0.1, 0.15) is 88.2 Å². The van der Waals surface area contributed by atoms with Crippen LogP contribution in [-0.4, -0.2) is 175 Å². The van der Waals surface area contributed by atoms with E-state index < -0.39 is 114 Å². The number of guanidine groups is 1. The Balaban J connectivity index is 2.34. The fourth-order valence-electron chi connectivity index (χ4n) is 7.89. The summed E-state index contributed by atoms with van der Waals surface area (Å²) in [6, 6.07) is -0.614. The zero-order valence-electron chi connectivity index (χ0n) is 43.3. The van der Waals surface area contributed by atoms with Crippen molar-refractivity contribution in [3.63, 3.8) is 0 Å². The van der Waals surface area contributed by atoms with E-state index in [1.165, 1.54) is 11.0 Å². The quantitative estimate of drug-likeness (QED) is 0.0130. The third-order valence-corrected chi connectivity index (χ3v) is 12.0. The number of aryl methyl sites for hydroxylation is 1. The Morgan fingerprint density at radius 1 is 0.789 bits per heavy atom. The molecule has 1 aliphatic rings. The van der Waals surface area contributed by atoms with Gasteiger partial charge in [0.15, 0.2) is 5.96 Å². The molecular weight excluding hydrogens is 991 g/mol. The fraction of sp³-hybridized carbons (Fsp3) is 0.604. The number of amides is 8. The van der Waals surface area contributed by atoms with Crippen molar-refractivity contribution in [2.45, 2.75) is 133 Å². The highest BCUT2D eigenvalue weighted by Crippen LogP contribution is 2.20. The maximum atomic E-state index is 14.3. The van der Waals surface area contributed by atoms with Crippen molar-refractivity contribution in [3.05, 3.63) is 47.2 Å². The lowest BCUT2D eigenvalue weighted by atomic mass is 10.0. The number of aliphatic imine (C=N–C) groups is 1. The topological polar surface area (TPSA) is 500 Å². The number of carboxylic acid groups (broad SMARTS) is 1. The maximum absolute atomic E-state index is 14.3. The molecule has 28 nitrogen and oxygen atoms in total. The molecule has 1 fully saturated rings. The summed E-state index contributed by atoms with van der Waals surface area (Å²) in [4.78, 5) is 127. The summed E-state index contributed by atoms with van der Waals surface area (Å²) in [5.41, 5.74) is 40.3. The van der Waals surface area contributed by atoms with Crippen LogP contribution in [0.5, 0.6) is 0 Å². The monoisotopic (exact) mass is 1070 g/mol. The number of aliphatic hydroxyl groups is 1. The molecule has 1 aliphatic heterocycles. The van der Waals surface area contributed by atoms with E-state index in [1.54, 1.807) is 18.2 Å². The second-order valence-corrected chi connectivity index (χ2v) is 18.2. The summed E-state index contributed by atoms with van der Waals surface area (Å²) >= 11 is 0. The summed E-state index contributed by atoms with van der Waals surface area (Å²) < 4.78 is 0. The summed E-state index contributed by atoms with van der Waals surface area (Å²) in [5, 5.41) is 45.1. The van der Waals surface area contributed by atoms with Gasteiger partial charge in [0.05, 0.1) is 18.7 Å². The minimum absolute atomic E-state index is 0.0516. The average molecular weight is 1070 g/mol. The van der Waals surface area contributed by atoms with E-state index in [0.29, 0.717) is 44.2 Å². The number of carbonyl (C=O) groups excluding carboxylic acids is 8. The SMILES string of the molecule is Cc1cccc(C[C@H](NC(=O)[C@@H]2CCCN2C(=O)/C(CCCN)=N/C(=O)CNC(=O)[C@H](CCN)NC(=O)[C@@H](NC(=O)[C@@H](N)CCCCN)[C@@H](O)CN)C(=O)N[C@@H](CCCCN)C(=O)N/C(=C\CCNC(=N)N)C(=O)O)c1. The molecule has 0 unspecified atom stereocenters. The number of benzene rings is 1. The lowest BCUT2D eigenvalue weighted by Gasteiger charge is -2.28. The van der Waals surface area contributed by atoms with Crippen LogP contribution < -0.4 is 77.4 Å². The van der Waals surface area contributed by atoms with Crippen LogP contribution in [0.3, 0.4) is 0 Å². The van der Waals surface area contributed by atoms with Crippen LogP contribution >= 0.6 is 0 Å². The average Bonchev–Trinajstić information content (AvgIpc) is 3.88. The molecule has 0 aromatic heterocycles. The first-order valence-electron chi connectivity index (χ1n) is 25.4. The van der Waals surface area contributed by atoms with Crippen LogP contribution in [0.15, 0.2) is 41.0 Å². The highest BCUT2D eigenvalue weighted by molar-refractivity contribution is 6.40. The molecule has 8 amide bonds. The molecule has 0 aliphatic carbocycles. The van der Waals surface area contributed by atoms with Gasteiger partial charge in [0.2, 0.25) is 35.4 Å². The standard InChI is InChI=1S/C48H81N17O11/c1-28-10-6-11-29(24-28)25-35(43(71)60-31(13-3-5-19-50)42(70)62-34(47(75)76)15-8-22-57-48(55)56)63-44(72)36-16-9-23-65(36)46(74)33(14-7-20-51)59-38(67)27-58-41(69)32(17-21-52)61-45(73)39(37(66)26-53)64-40(68)30(54)12-2-4-18-49/h6,10-11,15,24,30-32,35-37,39,66H,2-5,7-9,12-14,16-23,25-27,49-54H2,1H3,(H,58,69)(H,60,71)(H,61,73)(H,62,70)(H,63,72)(H,64,68)(H,75,76)(H4,55,56,57)/b34-15-,59-33+/t30-,31-,32-,35-,36-,37-,39-/m0/s1. The molecule has 0 bridgehead atoms. The molecule has 7 atom stereocenters. The molecule has 28 heteroatoms. The Kier molecular flexibility index (Phi) is 30.3. The summed E-state index contributed by atoms with van der Waals surface area (Å²) in [6.45, 7) is 1.45. The summed E-state index contributed by atoms with van der Waals surface area (Å²) in [6.07, 6.45) is 2.42. The Labute approximate surface area is 442 Å². The fourth-order valence-corrected chi connectivity index (χ4v) is 7.89. The number of nitrogens with one attached hydrogen (secondary N) is 8. The third kappa shape index (κ3) is 23.3. The van der Waals surface area contributed by atoms with Crippen LogP contribution in [0.4, 0.5) is 0 Å². The van der Waals surface area contributed by atoms with Gasteiger partial charge in [-0.15, -0.1) is 0 Å². The van der Waals surface area contributed by atoms with Gasteiger partial charge in [-0.3, -0.25) is 43.8 Å². The maximum Gasteiger partial charge on any atom is 0.352 e. The van der Waals surface area contributed by atoms with Gasteiger partial charge in [-0.05, 0) is 109 Å². The number of carbonyl (C=O) groups is 9. The molecule has 424 valence electrons. The van der Waals surface area contributed by atoms with Crippen molar-refractivity contribution < 1.29 is 53.4 Å². The highest BCUT2D eigenvalue weighted by Gasteiger charge is 2.39. The van der Waals surface area contributed by atoms with E-state index in [-0.39, 0.29) is 95.8 Å². The molecule has 0 saturated carbocycles. The number of aliphatic carboxylic acids is 1. The van der Waals surface area contributed by atoms with E-state index in [0.717, 1.165) is 5.56 Å². The molecule has 1 aromatic rings. The second-order valence-electron chi connectivity index (χ2n) is 18.2. The Hall–Kier alpha value is -6.95. The molecule has 24 N–H and O–H groups in total. The van der Waals surface area contributed by atoms with Gasteiger partial charge in [-0.1, -0.05) is 42.3 Å². The Bertz CT molecular complexity index is 2200. The number of unbranched alkanes of at least 4 members (excludes halogenated alkanes) is 2. The zero-order chi connectivity index (χ0) is 56.7. The zero-order valence-corrected chi connectivity index (χ0v) is 43.3. The van der Waals surface area contributed by atoms with Crippen molar-refractivity contribution in [3.8, 4) is 0 Å². The molecule has 1 saturated heterocycles. The van der Waals surface area contributed by atoms with E-state index in [4.69, 9.17) is 45.5 Å². The molecule has 1 heterocycles. The predicted molar refractivity (Wildman–Crippen MR) is 282 cm³/mol. The molecule has 0 radical (unpaired) electrons. The minimum atomic E-state index is -1.61. The first-order valence-corrected chi connectivity index (χ1v) is 25.4. The molecule has 2 rings (SSSR count). The first kappa shape index (κ1) is 65.2. The van der Waals surface area contributed by atoms with Crippen LogP contribution in [-0.2, 0) is 49.6 Å². The third-order valence-electron chi connectivity index (χ3n) is 12.0. The molecule has 0 spiro atoms. The van der Waals surface area contributed by atoms with E-state index in [2.05, 4.69) is 42.2 Å². The largest absolute Gasteiger partial charge is 0.477 e. The summed E-state index contributed by atoms with van der Waals surface area (Å²) in [7, 11) is 0. The number of aliphatic hydroxyl groups excluding tert-OH is 1. The van der Waals surface area contributed by atoms with Gasteiger partial charge in [0.1, 0.15) is 41.6 Å². The number of rotatable bonds is 35. The van der Waals surface area contributed by atoms with Crippen molar-refractivity contribution in [1.82, 2.24) is 42.1 Å². The van der Waals surface area contributed by atoms with Gasteiger partial charge in [-0.25, -0.2) is 9.79 Å². The van der Waals surface area contributed by atoms with Crippen LogP contribution in [0, 0.1) is 12.3 Å². The molecule has 76 heavy (non-hydrogen) atoms. The van der Waals surface area contributed by atoms with E-state index >= 15 is 0 Å². The highest BCUT2D eigenvalue weighted by atomic mass is 16.4. The predicted octanol–water partition coefficient (Wildman–Crippen LogP) is -5.50. The normalized spacial score (nSPS) is 15.9. The second kappa shape index (κ2) is 35.3. The van der Waals surface area contributed by atoms with E-state index in [9.17, 15) is 53.4 Å². The Morgan fingerprint density at radius 2 is 1.45 bits per heavy atom.